The fourth-order valence-corrected chi connectivity index (χ4v) is 5.50. The Labute approximate surface area is 212 Å². The molecule has 7 heteroatoms. The van der Waals surface area contributed by atoms with Crippen LogP contribution >= 0.6 is 11.6 Å². The Morgan fingerprint density at radius 1 is 1.03 bits per heavy atom. The van der Waals surface area contributed by atoms with Gasteiger partial charge in [-0.3, -0.25) is 0 Å². The van der Waals surface area contributed by atoms with Crippen molar-refractivity contribution >= 4 is 34.0 Å². The first-order chi connectivity index (χ1) is 17.1. The molecule has 2 aromatic carbocycles. The molecule has 2 saturated heterocycles. The number of nitrogens with zero attached hydrogens (tertiary/aromatic N) is 4. The number of anilines is 2. The number of nitriles is 1. The number of hydrogen-bond acceptors (Lipinski definition) is 6. The molecule has 2 aliphatic heterocycles. The minimum atomic E-state index is 0.432. The van der Waals surface area contributed by atoms with Crippen molar-refractivity contribution in [2.45, 2.75) is 44.3 Å². The van der Waals surface area contributed by atoms with Crippen molar-refractivity contribution in [3.63, 3.8) is 0 Å². The van der Waals surface area contributed by atoms with Crippen LogP contribution in [0.3, 0.4) is 0 Å². The Morgan fingerprint density at radius 2 is 1.80 bits per heavy atom. The predicted octanol–water partition coefficient (Wildman–Crippen LogP) is 5.02. The molecule has 3 heterocycles. The molecule has 2 N–H and O–H groups in total. The van der Waals surface area contributed by atoms with Gasteiger partial charge in [0.15, 0.2) is 0 Å². The second-order valence-corrected chi connectivity index (χ2v) is 10.3. The van der Waals surface area contributed by atoms with Crippen LogP contribution in [0.25, 0.3) is 10.9 Å². The topological polar surface area (TPSA) is 67.2 Å². The van der Waals surface area contributed by atoms with Crippen molar-refractivity contribution in [2.24, 2.45) is 0 Å². The van der Waals surface area contributed by atoms with Crippen LogP contribution in [0.1, 0.15) is 36.8 Å². The minimum absolute atomic E-state index is 0.432. The summed E-state index contributed by atoms with van der Waals surface area (Å²) in [5, 5.41) is 19.4. The highest BCUT2D eigenvalue weighted by Gasteiger charge is 2.28. The van der Waals surface area contributed by atoms with Gasteiger partial charge in [0, 0.05) is 42.1 Å². The lowest BCUT2D eigenvalue weighted by Crippen LogP contribution is -2.51. The second-order valence-electron chi connectivity index (χ2n) is 9.82. The summed E-state index contributed by atoms with van der Waals surface area (Å²) in [5.41, 5.74) is 3.63. The van der Waals surface area contributed by atoms with Gasteiger partial charge in [0.05, 0.1) is 11.2 Å². The van der Waals surface area contributed by atoms with E-state index in [1.807, 2.05) is 42.5 Å². The van der Waals surface area contributed by atoms with Crippen LogP contribution in [-0.4, -0.2) is 55.2 Å². The molecule has 35 heavy (non-hydrogen) atoms. The van der Waals surface area contributed by atoms with E-state index in [1.165, 1.54) is 19.3 Å². The van der Waals surface area contributed by atoms with Crippen LogP contribution in [0.5, 0.6) is 0 Å². The summed E-state index contributed by atoms with van der Waals surface area (Å²) in [6.45, 7) is 4.75. The zero-order valence-corrected chi connectivity index (χ0v) is 21.1. The van der Waals surface area contributed by atoms with Crippen LogP contribution in [0.2, 0.25) is 5.02 Å². The summed E-state index contributed by atoms with van der Waals surface area (Å²) in [4.78, 5) is 9.67. The molecular formula is C28H33ClN6. The first kappa shape index (κ1) is 23.9. The number of hydrogen-bond donors (Lipinski definition) is 2. The first-order valence-electron chi connectivity index (χ1n) is 12.6. The van der Waals surface area contributed by atoms with Crippen LogP contribution in [0.15, 0.2) is 48.5 Å². The molecule has 0 spiro atoms. The smallest absolute Gasteiger partial charge is 0.147 e. The molecule has 0 amide bonds. The van der Waals surface area contributed by atoms with E-state index in [0.717, 1.165) is 54.8 Å². The summed E-state index contributed by atoms with van der Waals surface area (Å²) in [6.07, 6.45) is 4.69. The van der Waals surface area contributed by atoms with Crippen molar-refractivity contribution in [1.82, 2.24) is 15.2 Å². The molecule has 0 saturated carbocycles. The van der Waals surface area contributed by atoms with Gasteiger partial charge in [-0.1, -0.05) is 41.9 Å². The highest BCUT2D eigenvalue weighted by Crippen LogP contribution is 2.35. The van der Waals surface area contributed by atoms with Crippen LogP contribution in [-0.2, 0) is 6.54 Å². The second kappa shape index (κ2) is 10.8. The summed E-state index contributed by atoms with van der Waals surface area (Å²) < 4.78 is 0. The number of para-hydroxylation sites is 1. The fraction of sp³-hybridized carbons (Fsp3) is 0.429. The highest BCUT2D eigenvalue weighted by molar-refractivity contribution is 6.30. The molecule has 2 aliphatic rings. The summed E-state index contributed by atoms with van der Waals surface area (Å²) in [6, 6.07) is 19.4. The van der Waals surface area contributed by atoms with Crippen molar-refractivity contribution in [2.75, 3.05) is 43.4 Å². The Kier molecular flexibility index (Phi) is 7.38. The Balaban J connectivity index is 1.41. The van der Waals surface area contributed by atoms with E-state index in [2.05, 4.69) is 39.6 Å². The van der Waals surface area contributed by atoms with Crippen molar-refractivity contribution in [3.8, 4) is 6.07 Å². The Morgan fingerprint density at radius 3 is 2.57 bits per heavy atom. The maximum atomic E-state index is 10.3. The van der Waals surface area contributed by atoms with E-state index in [4.69, 9.17) is 16.6 Å². The summed E-state index contributed by atoms with van der Waals surface area (Å²) >= 11 is 6.04. The first-order valence-corrected chi connectivity index (χ1v) is 13.0. The molecule has 3 aromatic rings. The van der Waals surface area contributed by atoms with Gasteiger partial charge in [0.25, 0.3) is 0 Å². The molecule has 182 valence electrons. The third-order valence-corrected chi connectivity index (χ3v) is 7.53. The van der Waals surface area contributed by atoms with Crippen molar-refractivity contribution < 1.29 is 0 Å². The van der Waals surface area contributed by atoms with Gasteiger partial charge in [-0.05, 0) is 69.6 Å². The van der Waals surface area contributed by atoms with E-state index < -0.39 is 0 Å². The zero-order valence-electron chi connectivity index (χ0n) is 20.3. The van der Waals surface area contributed by atoms with Gasteiger partial charge in [-0.25, -0.2) is 4.98 Å². The fourth-order valence-electron chi connectivity index (χ4n) is 5.37. The van der Waals surface area contributed by atoms with Crippen molar-refractivity contribution in [3.05, 3.63) is 64.7 Å². The predicted molar refractivity (Wildman–Crippen MR) is 144 cm³/mol. The molecule has 1 atom stereocenters. The average Bonchev–Trinajstić information content (AvgIpc) is 2.89. The maximum Gasteiger partial charge on any atom is 0.147 e. The third-order valence-electron chi connectivity index (χ3n) is 7.28. The van der Waals surface area contributed by atoms with Crippen LogP contribution in [0, 0.1) is 11.3 Å². The molecular weight excluding hydrogens is 456 g/mol. The molecule has 0 aliphatic carbocycles. The normalized spacial score (nSPS) is 19.6. The molecule has 1 aromatic heterocycles. The molecule has 1 unspecified atom stereocenters. The van der Waals surface area contributed by atoms with E-state index in [9.17, 15) is 5.26 Å². The zero-order chi connectivity index (χ0) is 24.2. The summed E-state index contributed by atoms with van der Waals surface area (Å²) in [5.74, 6) is 0.640. The highest BCUT2D eigenvalue weighted by atomic mass is 35.5. The SMILES string of the molecule is CN1CCC(NC2CCCN(c3c(C#N)c(NCc4ccc(Cl)cc4)nc4ccccc34)C2)CC1. The number of nitrogens with one attached hydrogen (secondary N) is 2. The lowest BCUT2D eigenvalue weighted by atomic mass is 9.98. The number of piperidine rings is 2. The van der Waals surface area contributed by atoms with E-state index in [0.29, 0.717) is 35.0 Å². The van der Waals surface area contributed by atoms with E-state index in [1.54, 1.807) is 0 Å². The van der Waals surface area contributed by atoms with Gasteiger partial charge in [-0.15, -0.1) is 0 Å². The van der Waals surface area contributed by atoms with Gasteiger partial charge >= 0.3 is 0 Å². The van der Waals surface area contributed by atoms with E-state index in [-0.39, 0.29) is 0 Å². The lowest BCUT2D eigenvalue weighted by Gasteiger charge is -2.39. The Bertz CT molecular complexity index is 1200. The van der Waals surface area contributed by atoms with E-state index >= 15 is 0 Å². The van der Waals surface area contributed by atoms with Gasteiger partial charge in [-0.2, -0.15) is 5.26 Å². The lowest BCUT2D eigenvalue weighted by molar-refractivity contribution is 0.219. The van der Waals surface area contributed by atoms with Crippen LogP contribution in [0.4, 0.5) is 11.5 Å². The minimum Gasteiger partial charge on any atom is -0.368 e. The monoisotopic (exact) mass is 488 g/mol. The maximum absolute atomic E-state index is 10.3. The Hall–Kier alpha value is -2.85. The molecule has 2 fully saturated rings. The average molecular weight is 489 g/mol. The van der Waals surface area contributed by atoms with Crippen molar-refractivity contribution in [1.29, 1.82) is 5.26 Å². The number of pyridine rings is 1. The number of rotatable bonds is 6. The van der Waals surface area contributed by atoms with Gasteiger partial charge < -0.3 is 20.4 Å². The number of benzene rings is 2. The molecule has 5 rings (SSSR count). The number of fused-ring (bicyclic) bond motifs is 1. The summed E-state index contributed by atoms with van der Waals surface area (Å²) in [7, 11) is 2.20. The molecule has 0 radical (unpaired) electrons. The standard InChI is InChI=1S/C28H33ClN6/c1-34-15-12-22(13-16-34)32-23-5-4-14-35(19-23)27-24-6-2-3-7-26(24)33-28(25(27)17-30)31-18-20-8-10-21(29)11-9-20/h2-3,6-11,22-23,32H,4-5,12-16,18-19H2,1H3,(H,31,33). The third kappa shape index (κ3) is 5.54. The quantitative estimate of drug-likeness (QED) is 0.507. The number of halogens is 1. The largest absolute Gasteiger partial charge is 0.368 e. The van der Waals surface area contributed by atoms with Crippen LogP contribution < -0.4 is 15.5 Å². The molecule has 0 bridgehead atoms. The number of aromatic nitrogens is 1. The molecule has 6 nitrogen and oxygen atoms in total. The van der Waals surface area contributed by atoms with Gasteiger partial charge in [0.2, 0.25) is 0 Å². The van der Waals surface area contributed by atoms with Gasteiger partial charge in [0.1, 0.15) is 17.5 Å². The number of likely N-dealkylation sites (tertiary alicyclic amines) is 1.